The molecule has 1 aromatic heterocycles. The molecule has 0 saturated carbocycles. The minimum Gasteiger partial charge on any atom is -0.441 e. The summed E-state index contributed by atoms with van der Waals surface area (Å²) in [6.07, 6.45) is 4.52. The molecule has 4 nitrogen and oxygen atoms in total. The number of oxazole rings is 1. The van der Waals surface area contributed by atoms with Crippen LogP contribution in [-0.2, 0) is 4.74 Å². The van der Waals surface area contributed by atoms with Gasteiger partial charge in [-0.1, -0.05) is 0 Å². The Hall–Kier alpha value is -1.68. The highest BCUT2D eigenvalue weighted by Crippen LogP contribution is 2.37. The average molecular weight is 271 g/mol. The van der Waals surface area contributed by atoms with Crippen LogP contribution in [0.25, 0.3) is 11.1 Å². The zero-order chi connectivity index (χ0) is 13.7. The normalized spacial score (nSPS) is 28.9. The first-order chi connectivity index (χ1) is 9.69. The Kier molecular flexibility index (Phi) is 2.67. The van der Waals surface area contributed by atoms with Gasteiger partial charge in [0.05, 0.1) is 12.2 Å². The van der Waals surface area contributed by atoms with Gasteiger partial charge in [-0.3, -0.25) is 4.79 Å². The molecule has 0 spiro atoms. The van der Waals surface area contributed by atoms with Crippen molar-refractivity contribution in [3.63, 3.8) is 0 Å². The third-order valence-corrected chi connectivity index (χ3v) is 4.44. The molecule has 2 aliphatic rings. The number of nitrogens with zero attached hydrogens (tertiary/aromatic N) is 1. The van der Waals surface area contributed by atoms with Crippen molar-refractivity contribution in [2.45, 2.75) is 44.8 Å². The molecule has 0 radical (unpaired) electrons. The fourth-order valence-corrected chi connectivity index (χ4v) is 3.50. The summed E-state index contributed by atoms with van der Waals surface area (Å²) in [6.45, 7) is 1.82. The summed E-state index contributed by atoms with van der Waals surface area (Å²) in [6, 6.07) is 5.56. The first-order valence-electron chi connectivity index (χ1n) is 7.26. The quantitative estimate of drug-likeness (QED) is 0.786. The summed E-state index contributed by atoms with van der Waals surface area (Å²) >= 11 is 0. The Labute approximate surface area is 117 Å². The average Bonchev–Trinajstić information content (AvgIpc) is 2.98. The maximum absolute atomic E-state index is 12.7. The molecular weight excluding hydrogens is 254 g/mol. The maximum Gasteiger partial charge on any atom is 0.192 e. The molecule has 104 valence electrons. The van der Waals surface area contributed by atoms with Gasteiger partial charge in [0, 0.05) is 18.4 Å². The van der Waals surface area contributed by atoms with Crippen LogP contribution in [0.15, 0.2) is 22.6 Å². The van der Waals surface area contributed by atoms with E-state index in [9.17, 15) is 4.79 Å². The molecule has 2 fully saturated rings. The number of carbonyl (C=O) groups is 1. The van der Waals surface area contributed by atoms with E-state index in [1.807, 2.05) is 25.1 Å². The van der Waals surface area contributed by atoms with Gasteiger partial charge in [-0.05, 0) is 43.9 Å². The number of fused-ring (bicyclic) bond motifs is 3. The van der Waals surface area contributed by atoms with Crippen LogP contribution in [0.2, 0.25) is 0 Å². The number of ketones is 1. The van der Waals surface area contributed by atoms with E-state index in [4.69, 9.17) is 9.15 Å². The summed E-state index contributed by atoms with van der Waals surface area (Å²) in [4.78, 5) is 16.9. The van der Waals surface area contributed by atoms with Crippen molar-refractivity contribution in [2.24, 2.45) is 5.92 Å². The molecule has 2 atom stereocenters. The van der Waals surface area contributed by atoms with E-state index in [2.05, 4.69) is 4.98 Å². The van der Waals surface area contributed by atoms with Crippen molar-refractivity contribution in [3.8, 4) is 0 Å². The minimum absolute atomic E-state index is 0.0997. The number of ether oxygens (including phenoxy) is 1. The first-order valence-corrected chi connectivity index (χ1v) is 7.26. The molecule has 2 bridgehead atoms. The molecule has 4 heteroatoms. The van der Waals surface area contributed by atoms with Gasteiger partial charge in [0.1, 0.15) is 5.52 Å². The lowest BCUT2D eigenvalue weighted by Crippen LogP contribution is -2.30. The topological polar surface area (TPSA) is 52.3 Å². The van der Waals surface area contributed by atoms with Gasteiger partial charge in [-0.15, -0.1) is 0 Å². The van der Waals surface area contributed by atoms with Crippen LogP contribution in [0, 0.1) is 12.8 Å². The van der Waals surface area contributed by atoms with Crippen molar-refractivity contribution in [3.05, 3.63) is 29.7 Å². The SMILES string of the molecule is Cc1nc2ccc(C(=O)C3CC4CCC(C3)O4)cc2o1. The molecule has 2 aromatic rings. The second-order valence-electron chi connectivity index (χ2n) is 5.91. The van der Waals surface area contributed by atoms with Gasteiger partial charge in [0.2, 0.25) is 0 Å². The van der Waals surface area contributed by atoms with E-state index >= 15 is 0 Å². The highest BCUT2D eigenvalue weighted by atomic mass is 16.5. The second-order valence-corrected chi connectivity index (χ2v) is 5.91. The monoisotopic (exact) mass is 271 g/mol. The van der Waals surface area contributed by atoms with Crippen molar-refractivity contribution in [2.75, 3.05) is 0 Å². The van der Waals surface area contributed by atoms with E-state index in [1.54, 1.807) is 0 Å². The van der Waals surface area contributed by atoms with E-state index in [-0.39, 0.29) is 11.7 Å². The fraction of sp³-hybridized carbons (Fsp3) is 0.500. The predicted molar refractivity (Wildman–Crippen MR) is 73.7 cm³/mol. The van der Waals surface area contributed by atoms with Gasteiger partial charge in [-0.2, -0.15) is 0 Å². The molecular formula is C16H17NO3. The first kappa shape index (κ1) is 12.1. The number of hydrogen-bond donors (Lipinski definition) is 0. The Morgan fingerprint density at radius 3 is 2.75 bits per heavy atom. The number of carbonyl (C=O) groups excluding carboxylic acids is 1. The number of aryl methyl sites for hydroxylation is 1. The van der Waals surface area contributed by atoms with Crippen LogP contribution >= 0.6 is 0 Å². The number of Topliss-reactive ketones (excluding diaryl/α,β-unsaturated/α-hetero) is 1. The van der Waals surface area contributed by atoms with Gasteiger partial charge in [0.15, 0.2) is 17.3 Å². The molecule has 1 aromatic carbocycles. The summed E-state index contributed by atoms with van der Waals surface area (Å²) in [5.74, 6) is 0.956. The molecule has 3 heterocycles. The minimum atomic E-state index is 0.0997. The van der Waals surface area contributed by atoms with Crippen LogP contribution in [0.4, 0.5) is 0 Å². The molecule has 0 amide bonds. The molecule has 2 saturated heterocycles. The van der Waals surface area contributed by atoms with Crippen LogP contribution in [0.5, 0.6) is 0 Å². The largest absolute Gasteiger partial charge is 0.441 e. The fourth-order valence-electron chi connectivity index (χ4n) is 3.50. The molecule has 2 unspecified atom stereocenters. The number of rotatable bonds is 2. The molecule has 20 heavy (non-hydrogen) atoms. The smallest absolute Gasteiger partial charge is 0.192 e. The Morgan fingerprint density at radius 1 is 1.25 bits per heavy atom. The number of hydrogen-bond acceptors (Lipinski definition) is 4. The lowest BCUT2D eigenvalue weighted by Gasteiger charge is -2.27. The van der Waals surface area contributed by atoms with E-state index in [0.717, 1.165) is 36.8 Å². The summed E-state index contributed by atoms with van der Waals surface area (Å²) in [7, 11) is 0. The summed E-state index contributed by atoms with van der Waals surface area (Å²) in [5, 5.41) is 0. The van der Waals surface area contributed by atoms with Gasteiger partial charge < -0.3 is 9.15 Å². The standard InChI is InChI=1S/C16H17NO3/c1-9-17-14-5-2-10(8-15(14)19-9)16(18)11-6-12-3-4-13(7-11)20-12/h2,5,8,11-13H,3-4,6-7H2,1H3. The summed E-state index contributed by atoms with van der Waals surface area (Å²) in [5.41, 5.74) is 2.24. The molecule has 4 rings (SSSR count). The Bertz CT molecular complexity index is 663. The third-order valence-electron chi connectivity index (χ3n) is 4.44. The van der Waals surface area contributed by atoms with E-state index in [1.165, 1.54) is 0 Å². The third kappa shape index (κ3) is 1.95. The van der Waals surface area contributed by atoms with Gasteiger partial charge in [0.25, 0.3) is 0 Å². The highest BCUT2D eigenvalue weighted by Gasteiger charge is 2.38. The second kappa shape index (κ2) is 4.42. The van der Waals surface area contributed by atoms with Crippen LogP contribution < -0.4 is 0 Å². The Morgan fingerprint density at radius 2 is 2.00 bits per heavy atom. The molecule has 2 aliphatic heterocycles. The van der Waals surface area contributed by atoms with Crippen molar-refractivity contribution in [1.29, 1.82) is 0 Å². The number of aromatic nitrogens is 1. The molecule has 0 N–H and O–H groups in total. The van der Waals surface area contributed by atoms with E-state index in [0.29, 0.717) is 23.7 Å². The van der Waals surface area contributed by atoms with Crippen molar-refractivity contribution in [1.82, 2.24) is 4.98 Å². The summed E-state index contributed by atoms with van der Waals surface area (Å²) < 4.78 is 11.3. The number of benzene rings is 1. The zero-order valence-electron chi connectivity index (χ0n) is 11.5. The maximum atomic E-state index is 12.7. The van der Waals surface area contributed by atoms with Crippen LogP contribution in [0.3, 0.4) is 0 Å². The predicted octanol–water partition coefficient (Wildman–Crippen LogP) is 3.28. The van der Waals surface area contributed by atoms with E-state index < -0.39 is 0 Å². The van der Waals surface area contributed by atoms with Crippen LogP contribution in [0.1, 0.15) is 41.9 Å². The van der Waals surface area contributed by atoms with Gasteiger partial charge in [-0.25, -0.2) is 4.98 Å². The lowest BCUT2D eigenvalue weighted by molar-refractivity contribution is -0.0149. The molecule has 0 aliphatic carbocycles. The zero-order valence-corrected chi connectivity index (χ0v) is 11.5. The van der Waals surface area contributed by atoms with Crippen LogP contribution in [-0.4, -0.2) is 23.0 Å². The van der Waals surface area contributed by atoms with Crippen molar-refractivity contribution < 1.29 is 13.9 Å². The van der Waals surface area contributed by atoms with Gasteiger partial charge >= 0.3 is 0 Å². The lowest BCUT2D eigenvalue weighted by atomic mass is 9.88. The van der Waals surface area contributed by atoms with Crippen molar-refractivity contribution >= 4 is 16.9 Å². The Balaban J connectivity index is 1.63. The highest BCUT2D eigenvalue weighted by molar-refractivity contribution is 6.00.